The molecule has 3 heteroatoms. The number of likely N-dealkylation sites (N-methyl/N-ethyl adjacent to an activating group) is 1. The van der Waals surface area contributed by atoms with E-state index in [1.807, 2.05) is 7.05 Å². The predicted molar refractivity (Wildman–Crippen MR) is 38.9 cm³/mol. The topological polar surface area (TPSA) is 32.7 Å². The summed E-state index contributed by atoms with van der Waals surface area (Å²) in [7, 11) is 3.63. The number of rotatable bonds is 2. The van der Waals surface area contributed by atoms with Crippen LogP contribution < -0.4 is 0 Å². The van der Waals surface area contributed by atoms with Gasteiger partial charge in [0.05, 0.1) is 6.61 Å². The highest BCUT2D eigenvalue weighted by Gasteiger charge is 2.33. The Hall–Kier alpha value is -0.120. The van der Waals surface area contributed by atoms with Gasteiger partial charge < -0.3 is 14.7 Å². The number of β-amino-alcohol motifs (C(OH)–C–C–N with tert-alkyl or cyclic N) is 1. The third-order valence-corrected chi connectivity index (χ3v) is 1.94. The van der Waals surface area contributed by atoms with E-state index in [9.17, 15) is 5.11 Å². The van der Waals surface area contributed by atoms with Crippen molar-refractivity contribution in [3.8, 4) is 0 Å². The number of nitrogens with zero attached hydrogens (tertiary/aromatic N) is 1. The summed E-state index contributed by atoms with van der Waals surface area (Å²) in [6.07, 6.45) is 0.831. The van der Waals surface area contributed by atoms with Gasteiger partial charge in [0.25, 0.3) is 0 Å². The third kappa shape index (κ3) is 1.68. The molecule has 1 aliphatic rings. The second kappa shape index (κ2) is 2.86. The third-order valence-electron chi connectivity index (χ3n) is 1.94. The highest BCUT2D eigenvalue weighted by atomic mass is 16.5. The van der Waals surface area contributed by atoms with Crippen LogP contribution in [0.25, 0.3) is 0 Å². The van der Waals surface area contributed by atoms with E-state index in [0.29, 0.717) is 6.61 Å². The van der Waals surface area contributed by atoms with Gasteiger partial charge in [0, 0.05) is 20.2 Å². The first kappa shape index (κ1) is 7.98. The molecule has 1 atom stereocenters. The van der Waals surface area contributed by atoms with E-state index < -0.39 is 5.60 Å². The molecule has 0 aliphatic carbocycles. The van der Waals surface area contributed by atoms with E-state index >= 15 is 0 Å². The summed E-state index contributed by atoms with van der Waals surface area (Å²) in [6, 6.07) is 0. The quantitative estimate of drug-likeness (QED) is 0.579. The van der Waals surface area contributed by atoms with Gasteiger partial charge in [0.15, 0.2) is 0 Å². The van der Waals surface area contributed by atoms with Gasteiger partial charge in [-0.15, -0.1) is 0 Å². The number of hydrogen-bond donors (Lipinski definition) is 1. The zero-order valence-electron chi connectivity index (χ0n) is 6.63. The molecule has 0 amide bonds. The number of aliphatic hydroxyl groups is 1. The zero-order valence-corrected chi connectivity index (χ0v) is 6.63. The lowest BCUT2D eigenvalue weighted by Gasteiger charge is -2.20. The van der Waals surface area contributed by atoms with Crippen molar-refractivity contribution in [1.29, 1.82) is 0 Å². The predicted octanol–water partition coefficient (Wildman–Crippen LogP) is -0.301. The van der Waals surface area contributed by atoms with Crippen molar-refractivity contribution in [2.45, 2.75) is 12.0 Å². The number of likely N-dealkylation sites (tertiary alicyclic amines) is 1. The van der Waals surface area contributed by atoms with E-state index in [1.54, 1.807) is 7.11 Å². The molecule has 10 heavy (non-hydrogen) atoms. The molecule has 0 aromatic carbocycles. The molecule has 1 N–H and O–H groups in total. The first-order valence-electron chi connectivity index (χ1n) is 3.56. The maximum absolute atomic E-state index is 9.70. The highest BCUT2D eigenvalue weighted by molar-refractivity contribution is 4.88. The van der Waals surface area contributed by atoms with Gasteiger partial charge in [-0.05, 0) is 13.5 Å². The molecule has 0 aromatic heterocycles. The highest BCUT2D eigenvalue weighted by Crippen LogP contribution is 2.19. The average molecular weight is 145 g/mol. The smallest absolute Gasteiger partial charge is 0.102 e. The monoisotopic (exact) mass is 145 g/mol. The van der Waals surface area contributed by atoms with Crippen LogP contribution in [0.15, 0.2) is 0 Å². The summed E-state index contributed by atoms with van der Waals surface area (Å²) >= 11 is 0. The Morgan fingerprint density at radius 2 is 2.40 bits per heavy atom. The van der Waals surface area contributed by atoms with Crippen LogP contribution in [0.4, 0.5) is 0 Å². The van der Waals surface area contributed by atoms with Gasteiger partial charge in [-0.1, -0.05) is 0 Å². The lowest BCUT2D eigenvalue weighted by molar-refractivity contribution is -0.0211. The van der Waals surface area contributed by atoms with Crippen molar-refractivity contribution in [3.63, 3.8) is 0 Å². The summed E-state index contributed by atoms with van der Waals surface area (Å²) < 4.78 is 4.90. The van der Waals surface area contributed by atoms with Gasteiger partial charge in [-0.3, -0.25) is 0 Å². The van der Waals surface area contributed by atoms with Crippen LogP contribution in [0.3, 0.4) is 0 Å². The maximum atomic E-state index is 9.70. The van der Waals surface area contributed by atoms with Crippen molar-refractivity contribution in [2.24, 2.45) is 0 Å². The van der Waals surface area contributed by atoms with Crippen molar-refractivity contribution in [2.75, 3.05) is 33.9 Å². The van der Waals surface area contributed by atoms with Crippen LogP contribution in [0, 0.1) is 0 Å². The SMILES string of the molecule is COCC1(O)CCN(C)C1. The molecule has 3 nitrogen and oxygen atoms in total. The summed E-state index contributed by atoms with van der Waals surface area (Å²) in [5.74, 6) is 0. The molecule has 60 valence electrons. The van der Waals surface area contributed by atoms with Gasteiger partial charge in [0.1, 0.15) is 5.60 Å². The van der Waals surface area contributed by atoms with E-state index in [2.05, 4.69) is 4.90 Å². The summed E-state index contributed by atoms with van der Waals surface area (Å²) in [5, 5.41) is 9.70. The van der Waals surface area contributed by atoms with E-state index in [-0.39, 0.29) is 0 Å². The minimum absolute atomic E-state index is 0.456. The number of methoxy groups -OCH3 is 1. The fourth-order valence-electron chi connectivity index (χ4n) is 1.45. The fourth-order valence-corrected chi connectivity index (χ4v) is 1.45. The van der Waals surface area contributed by atoms with Crippen molar-refractivity contribution >= 4 is 0 Å². The van der Waals surface area contributed by atoms with E-state index in [0.717, 1.165) is 19.5 Å². The minimum Gasteiger partial charge on any atom is -0.386 e. The molecular formula is C7H15NO2. The Labute approximate surface area is 61.6 Å². The fraction of sp³-hybridized carbons (Fsp3) is 1.00. The van der Waals surface area contributed by atoms with Gasteiger partial charge >= 0.3 is 0 Å². The van der Waals surface area contributed by atoms with Gasteiger partial charge in [0.2, 0.25) is 0 Å². The minimum atomic E-state index is -0.580. The van der Waals surface area contributed by atoms with E-state index in [4.69, 9.17) is 4.74 Å². The lowest BCUT2D eigenvalue weighted by atomic mass is 10.1. The molecule has 0 aromatic rings. The molecule has 1 aliphatic heterocycles. The van der Waals surface area contributed by atoms with Crippen molar-refractivity contribution in [1.82, 2.24) is 4.90 Å². The second-order valence-electron chi connectivity index (χ2n) is 3.15. The first-order valence-corrected chi connectivity index (χ1v) is 3.56. The molecule has 1 saturated heterocycles. The first-order chi connectivity index (χ1) is 4.66. The van der Waals surface area contributed by atoms with E-state index in [1.165, 1.54) is 0 Å². The maximum Gasteiger partial charge on any atom is 0.102 e. The Morgan fingerprint density at radius 1 is 1.70 bits per heavy atom. The van der Waals surface area contributed by atoms with Crippen LogP contribution in [-0.4, -0.2) is 49.5 Å². The van der Waals surface area contributed by atoms with Crippen LogP contribution in [0.1, 0.15) is 6.42 Å². The van der Waals surface area contributed by atoms with Crippen molar-refractivity contribution < 1.29 is 9.84 Å². The molecule has 1 fully saturated rings. The number of ether oxygens (including phenoxy) is 1. The normalized spacial score (nSPS) is 35.1. The summed E-state index contributed by atoms with van der Waals surface area (Å²) in [5.41, 5.74) is -0.580. The van der Waals surface area contributed by atoms with Gasteiger partial charge in [-0.25, -0.2) is 0 Å². The molecule has 1 rings (SSSR count). The summed E-state index contributed by atoms with van der Waals surface area (Å²) in [4.78, 5) is 2.11. The molecule has 0 bridgehead atoms. The molecule has 0 radical (unpaired) electrons. The molecule has 1 heterocycles. The second-order valence-corrected chi connectivity index (χ2v) is 3.15. The van der Waals surface area contributed by atoms with Gasteiger partial charge in [-0.2, -0.15) is 0 Å². The molecule has 0 saturated carbocycles. The molecular weight excluding hydrogens is 130 g/mol. The Kier molecular flexibility index (Phi) is 2.28. The number of hydrogen-bond acceptors (Lipinski definition) is 3. The Balaban J connectivity index is 2.38. The molecule has 1 unspecified atom stereocenters. The Bertz CT molecular complexity index is 114. The zero-order chi connectivity index (χ0) is 7.61. The van der Waals surface area contributed by atoms with Crippen LogP contribution in [-0.2, 0) is 4.74 Å². The molecule has 0 spiro atoms. The van der Waals surface area contributed by atoms with Crippen molar-refractivity contribution in [3.05, 3.63) is 0 Å². The largest absolute Gasteiger partial charge is 0.386 e. The lowest BCUT2D eigenvalue weighted by Crippen LogP contribution is -2.36. The van der Waals surface area contributed by atoms with Crippen LogP contribution in [0.2, 0.25) is 0 Å². The summed E-state index contributed by atoms with van der Waals surface area (Å²) in [6.45, 7) is 2.16. The standard InChI is InChI=1S/C7H15NO2/c1-8-4-3-7(9,5-8)6-10-2/h9H,3-6H2,1-2H3. The average Bonchev–Trinajstić information content (AvgIpc) is 2.12. The Morgan fingerprint density at radius 3 is 2.80 bits per heavy atom. The van der Waals surface area contributed by atoms with Crippen LogP contribution >= 0.6 is 0 Å². The van der Waals surface area contributed by atoms with Crippen LogP contribution in [0.5, 0.6) is 0 Å².